The lowest BCUT2D eigenvalue weighted by molar-refractivity contribution is -0.0440. The number of amides is 1. The van der Waals surface area contributed by atoms with Crippen LogP contribution in [0.4, 0.5) is 0 Å². The molecule has 0 aromatic heterocycles. The molecular formula is C17H28ClN3O4S. The molecule has 0 saturated carbocycles. The molecule has 0 bridgehead atoms. The van der Waals surface area contributed by atoms with Crippen LogP contribution in [-0.2, 0) is 14.8 Å². The first-order valence-corrected chi connectivity index (χ1v) is 9.83. The Balaban J connectivity index is 0.00000338. The highest BCUT2D eigenvalue weighted by Crippen LogP contribution is 2.21. The van der Waals surface area contributed by atoms with Crippen molar-refractivity contribution >= 4 is 28.3 Å². The Labute approximate surface area is 161 Å². The van der Waals surface area contributed by atoms with E-state index in [0.29, 0.717) is 25.2 Å². The van der Waals surface area contributed by atoms with E-state index in [1.807, 2.05) is 20.8 Å². The zero-order valence-corrected chi connectivity index (χ0v) is 17.2. The van der Waals surface area contributed by atoms with Gasteiger partial charge in [-0.3, -0.25) is 4.79 Å². The van der Waals surface area contributed by atoms with Crippen LogP contribution in [0.25, 0.3) is 0 Å². The van der Waals surface area contributed by atoms with Crippen LogP contribution >= 0.6 is 12.4 Å². The van der Waals surface area contributed by atoms with Crippen molar-refractivity contribution < 1.29 is 17.9 Å². The van der Waals surface area contributed by atoms with Crippen molar-refractivity contribution in [1.82, 2.24) is 9.21 Å². The third kappa shape index (κ3) is 4.95. The molecule has 3 unspecified atom stereocenters. The van der Waals surface area contributed by atoms with E-state index < -0.39 is 10.0 Å². The summed E-state index contributed by atoms with van der Waals surface area (Å²) in [5, 5.41) is 0. The van der Waals surface area contributed by atoms with E-state index >= 15 is 0 Å². The first kappa shape index (κ1) is 22.9. The third-order valence-corrected chi connectivity index (χ3v) is 6.29. The van der Waals surface area contributed by atoms with Crippen molar-refractivity contribution in [3.8, 4) is 0 Å². The SMILES string of the molecule is CC1CN(S(=O)(=O)c2ccc(C(=O)N(C)C(C)CN)cc2)CC(C)O1.Cl. The van der Waals surface area contributed by atoms with Gasteiger partial charge < -0.3 is 15.4 Å². The summed E-state index contributed by atoms with van der Waals surface area (Å²) in [6.45, 7) is 6.58. The van der Waals surface area contributed by atoms with Gasteiger partial charge >= 0.3 is 0 Å². The molecule has 0 radical (unpaired) electrons. The zero-order chi connectivity index (χ0) is 18.8. The van der Waals surface area contributed by atoms with Crippen molar-refractivity contribution in [2.45, 2.75) is 43.9 Å². The maximum absolute atomic E-state index is 12.8. The molecule has 1 heterocycles. The highest BCUT2D eigenvalue weighted by molar-refractivity contribution is 7.89. The second-order valence-electron chi connectivity index (χ2n) is 6.60. The van der Waals surface area contributed by atoms with E-state index in [2.05, 4.69) is 0 Å². The number of sulfonamides is 1. The van der Waals surface area contributed by atoms with Gasteiger partial charge in [-0.2, -0.15) is 4.31 Å². The predicted octanol–water partition coefficient (Wildman–Crippen LogP) is 1.33. The lowest BCUT2D eigenvalue weighted by atomic mass is 10.2. The van der Waals surface area contributed by atoms with Crippen molar-refractivity contribution in [2.24, 2.45) is 5.73 Å². The molecule has 1 aromatic carbocycles. The Bertz CT molecular complexity index is 701. The van der Waals surface area contributed by atoms with E-state index in [-0.39, 0.29) is 41.5 Å². The fourth-order valence-corrected chi connectivity index (χ4v) is 4.40. The number of nitrogens with zero attached hydrogens (tertiary/aromatic N) is 2. The molecule has 1 amide bonds. The first-order valence-electron chi connectivity index (χ1n) is 8.39. The minimum absolute atomic E-state index is 0. The molecule has 1 aliphatic heterocycles. The Morgan fingerprint density at radius 2 is 1.77 bits per heavy atom. The maximum Gasteiger partial charge on any atom is 0.253 e. The monoisotopic (exact) mass is 405 g/mol. The predicted molar refractivity (Wildman–Crippen MR) is 103 cm³/mol. The number of benzene rings is 1. The number of hydrogen-bond acceptors (Lipinski definition) is 5. The molecule has 2 rings (SSSR count). The summed E-state index contributed by atoms with van der Waals surface area (Å²) >= 11 is 0. The number of carbonyl (C=O) groups is 1. The molecular weight excluding hydrogens is 378 g/mol. The molecule has 148 valence electrons. The summed E-state index contributed by atoms with van der Waals surface area (Å²) in [5.41, 5.74) is 6.02. The number of nitrogens with two attached hydrogens (primary N) is 1. The maximum atomic E-state index is 12.8. The van der Waals surface area contributed by atoms with Gasteiger partial charge in [0.15, 0.2) is 0 Å². The second kappa shape index (κ2) is 9.14. The van der Waals surface area contributed by atoms with Crippen LogP contribution in [0, 0.1) is 0 Å². The Kier molecular flexibility index (Phi) is 8.04. The van der Waals surface area contributed by atoms with Gasteiger partial charge in [0, 0.05) is 38.3 Å². The molecule has 26 heavy (non-hydrogen) atoms. The highest BCUT2D eigenvalue weighted by Gasteiger charge is 2.32. The first-order chi connectivity index (χ1) is 11.7. The Morgan fingerprint density at radius 3 is 2.23 bits per heavy atom. The minimum Gasteiger partial charge on any atom is -0.373 e. The topological polar surface area (TPSA) is 92.9 Å². The number of likely N-dealkylation sites (N-methyl/N-ethyl adjacent to an activating group) is 1. The number of rotatable bonds is 5. The summed E-state index contributed by atoms with van der Waals surface area (Å²) in [6, 6.07) is 5.96. The summed E-state index contributed by atoms with van der Waals surface area (Å²) < 4.78 is 32.6. The third-order valence-electron chi connectivity index (χ3n) is 4.45. The van der Waals surface area contributed by atoms with Crippen molar-refractivity contribution in [3.05, 3.63) is 29.8 Å². The van der Waals surface area contributed by atoms with Gasteiger partial charge in [-0.05, 0) is 45.0 Å². The van der Waals surface area contributed by atoms with Gasteiger partial charge in [0.1, 0.15) is 0 Å². The van der Waals surface area contributed by atoms with E-state index in [9.17, 15) is 13.2 Å². The molecule has 0 aliphatic carbocycles. The Morgan fingerprint density at radius 1 is 1.27 bits per heavy atom. The number of carbonyl (C=O) groups excluding carboxylic acids is 1. The quantitative estimate of drug-likeness (QED) is 0.797. The fourth-order valence-electron chi connectivity index (χ4n) is 2.81. The van der Waals surface area contributed by atoms with Crippen molar-refractivity contribution in [3.63, 3.8) is 0 Å². The van der Waals surface area contributed by atoms with Crippen molar-refractivity contribution in [2.75, 3.05) is 26.7 Å². The van der Waals surface area contributed by atoms with Gasteiger partial charge in [-0.1, -0.05) is 0 Å². The van der Waals surface area contributed by atoms with Crippen LogP contribution < -0.4 is 5.73 Å². The number of halogens is 1. The lowest BCUT2D eigenvalue weighted by Crippen LogP contribution is -2.48. The minimum atomic E-state index is -3.60. The Hall–Kier alpha value is -1.19. The van der Waals surface area contributed by atoms with Gasteiger partial charge in [0.05, 0.1) is 17.1 Å². The molecule has 9 heteroatoms. The molecule has 3 atom stereocenters. The van der Waals surface area contributed by atoms with Crippen LogP contribution in [0.15, 0.2) is 29.2 Å². The summed E-state index contributed by atoms with van der Waals surface area (Å²) in [5.74, 6) is -0.185. The average Bonchev–Trinajstić information content (AvgIpc) is 2.59. The normalized spacial score (nSPS) is 22.3. The van der Waals surface area contributed by atoms with Gasteiger partial charge in [0.2, 0.25) is 10.0 Å². The van der Waals surface area contributed by atoms with Gasteiger partial charge in [-0.25, -0.2) is 8.42 Å². The molecule has 1 aliphatic rings. The molecule has 1 fully saturated rings. The molecule has 1 aromatic rings. The van der Waals surface area contributed by atoms with Crippen LogP contribution in [0.3, 0.4) is 0 Å². The summed E-state index contributed by atoms with van der Waals surface area (Å²) in [7, 11) is -1.92. The second-order valence-corrected chi connectivity index (χ2v) is 8.54. The molecule has 0 spiro atoms. The van der Waals surface area contributed by atoms with Crippen molar-refractivity contribution in [1.29, 1.82) is 0 Å². The fraction of sp³-hybridized carbons (Fsp3) is 0.588. The van der Waals surface area contributed by atoms with Crippen LogP contribution in [0.2, 0.25) is 0 Å². The summed E-state index contributed by atoms with van der Waals surface area (Å²) in [6.07, 6.45) is -0.295. The van der Waals surface area contributed by atoms with Crippen LogP contribution in [0.1, 0.15) is 31.1 Å². The highest BCUT2D eigenvalue weighted by atomic mass is 35.5. The van der Waals surface area contributed by atoms with E-state index in [1.54, 1.807) is 24.1 Å². The van der Waals surface area contributed by atoms with Crippen LogP contribution in [0.5, 0.6) is 0 Å². The molecule has 1 saturated heterocycles. The number of ether oxygens (including phenoxy) is 1. The average molecular weight is 406 g/mol. The standard InChI is InChI=1S/C17H27N3O4S.ClH/c1-12(9-18)19(4)17(21)15-5-7-16(8-6-15)25(22,23)20-10-13(2)24-14(3)11-20;/h5-8,12-14H,9-11,18H2,1-4H3;1H. The molecule has 2 N–H and O–H groups in total. The summed E-state index contributed by atoms with van der Waals surface area (Å²) in [4.78, 5) is 14.1. The van der Waals surface area contributed by atoms with Crippen LogP contribution in [-0.4, -0.2) is 68.5 Å². The zero-order valence-electron chi connectivity index (χ0n) is 15.6. The number of hydrogen-bond donors (Lipinski definition) is 1. The largest absolute Gasteiger partial charge is 0.373 e. The van der Waals surface area contributed by atoms with E-state index in [1.165, 1.54) is 16.4 Å². The molecule has 7 nitrogen and oxygen atoms in total. The van der Waals surface area contributed by atoms with E-state index in [0.717, 1.165) is 0 Å². The van der Waals surface area contributed by atoms with Gasteiger partial charge in [-0.15, -0.1) is 12.4 Å². The smallest absolute Gasteiger partial charge is 0.253 e. The lowest BCUT2D eigenvalue weighted by Gasteiger charge is -2.34. The number of morpholine rings is 1. The van der Waals surface area contributed by atoms with Gasteiger partial charge in [0.25, 0.3) is 5.91 Å². The van der Waals surface area contributed by atoms with E-state index in [4.69, 9.17) is 10.5 Å².